The van der Waals surface area contributed by atoms with Gasteiger partial charge in [-0.3, -0.25) is 0 Å². The average molecular weight is 222 g/mol. The second-order valence-corrected chi connectivity index (χ2v) is 4.99. The molecule has 0 aromatic rings. The molecule has 1 rings (SSSR count). The number of hydrogen-bond acceptors (Lipinski definition) is 3. The highest BCUT2D eigenvalue weighted by atomic mass is 16.7. The van der Waals surface area contributed by atoms with Gasteiger partial charge in [-0.25, -0.2) is 0 Å². The van der Waals surface area contributed by atoms with Crippen LogP contribution in [0.15, 0.2) is 36.5 Å². The van der Waals surface area contributed by atoms with Crippen LogP contribution >= 0.6 is 0 Å². The minimum Gasteiger partial charge on any atom is -0.509 e. The highest BCUT2D eigenvalue weighted by Gasteiger charge is 2.51. The Morgan fingerprint density at radius 2 is 1.50 bits per heavy atom. The molecule has 1 saturated heterocycles. The van der Waals surface area contributed by atoms with E-state index in [9.17, 15) is 0 Å². The number of rotatable bonds is 3. The highest BCUT2D eigenvalue weighted by molar-refractivity contribution is 6.55. The Kier molecular flexibility index (Phi) is 3.36. The van der Waals surface area contributed by atoms with Crippen molar-refractivity contribution in [2.75, 3.05) is 0 Å². The second-order valence-electron chi connectivity index (χ2n) is 4.99. The van der Waals surface area contributed by atoms with Crippen molar-refractivity contribution in [2.45, 2.75) is 38.9 Å². The number of aliphatic hydroxyl groups is 1. The number of hydrogen-bond donors (Lipinski definition) is 1. The summed E-state index contributed by atoms with van der Waals surface area (Å²) in [6, 6.07) is 0. The molecule has 0 aromatic heterocycles. The third kappa shape index (κ3) is 2.57. The molecule has 0 saturated carbocycles. The van der Waals surface area contributed by atoms with E-state index in [4.69, 9.17) is 14.4 Å². The van der Waals surface area contributed by atoms with Crippen LogP contribution in [-0.4, -0.2) is 23.4 Å². The molecule has 0 bridgehead atoms. The molecular weight excluding hydrogens is 203 g/mol. The van der Waals surface area contributed by atoms with Crippen LogP contribution in [0.25, 0.3) is 0 Å². The molecule has 4 heteroatoms. The largest absolute Gasteiger partial charge is 0.509 e. The normalized spacial score (nSPS) is 22.6. The van der Waals surface area contributed by atoms with Gasteiger partial charge in [-0.15, -0.1) is 0 Å². The summed E-state index contributed by atoms with van der Waals surface area (Å²) >= 11 is 0. The molecule has 0 spiro atoms. The van der Waals surface area contributed by atoms with Gasteiger partial charge in [0.05, 0.1) is 11.2 Å². The predicted molar refractivity (Wildman–Crippen MR) is 66.1 cm³/mol. The molecule has 1 fully saturated rings. The molecule has 1 heterocycles. The molecule has 0 amide bonds. The molecular formula is C12H19BO3. The molecule has 88 valence electrons. The van der Waals surface area contributed by atoms with Gasteiger partial charge in [-0.2, -0.15) is 0 Å². The van der Waals surface area contributed by atoms with Crippen molar-refractivity contribution < 1.29 is 14.4 Å². The Balaban J connectivity index is 2.73. The maximum absolute atomic E-state index is 8.95. The number of allylic oxidation sites excluding steroid dienone is 3. The fraction of sp³-hybridized carbons (Fsp3) is 0.500. The maximum atomic E-state index is 8.95. The zero-order valence-corrected chi connectivity index (χ0v) is 10.4. The lowest BCUT2D eigenvalue weighted by Crippen LogP contribution is -2.41. The average Bonchev–Trinajstić information content (AvgIpc) is 2.32. The van der Waals surface area contributed by atoms with Crippen molar-refractivity contribution in [1.82, 2.24) is 0 Å². The predicted octanol–water partition coefficient (Wildman–Crippen LogP) is 2.80. The van der Waals surface area contributed by atoms with Crippen molar-refractivity contribution in [3.8, 4) is 0 Å². The summed E-state index contributed by atoms with van der Waals surface area (Å²) in [6.07, 6.45) is 3.11. The van der Waals surface area contributed by atoms with Gasteiger partial charge < -0.3 is 14.4 Å². The fourth-order valence-corrected chi connectivity index (χ4v) is 1.28. The van der Waals surface area contributed by atoms with Crippen LogP contribution in [0, 0.1) is 0 Å². The maximum Gasteiger partial charge on any atom is 0.494 e. The lowest BCUT2D eigenvalue weighted by Gasteiger charge is -2.32. The smallest absolute Gasteiger partial charge is 0.494 e. The number of aliphatic hydroxyl groups excluding tert-OH is 1. The summed E-state index contributed by atoms with van der Waals surface area (Å²) in [6.45, 7) is 15.1. The SMILES string of the molecule is C=C(O)/C=C\C(=C)B1OC(C)(C)C(C)(C)O1. The Morgan fingerprint density at radius 3 is 1.88 bits per heavy atom. The Hall–Kier alpha value is -0.995. The van der Waals surface area contributed by atoms with E-state index in [1.807, 2.05) is 27.7 Å². The summed E-state index contributed by atoms with van der Waals surface area (Å²) < 4.78 is 11.5. The van der Waals surface area contributed by atoms with Gasteiger partial charge in [-0.05, 0) is 39.2 Å². The van der Waals surface area contributed by atoms with Crippen LogP contribution in [0.3, 0.4) is 0 Å². The quantitative estimate of drug-likeness (QED) is 0.453. The van der Waals surface area contributed by atoms with Crippen molar-refractivity contribution in [3.63, 3.8) is 0 Å². The van der Waals surface area contributed by atoms with Crippen LogP contribution in [0.5, 0.6) is 0 Å². The molecule has 0 atom stereocenters. The van der Waals surface area contributed by atoms with Gasteiger partial charge in [0.25, 0.3) is 0 Å². The van der Waals surface area contributed by atoms with Crippen molar-refractivity contribution >= 4 is 7.12 Å². The molecule has 0 aliphatic carbocycles. The summed E-state index contributed by atoms with van der Waals surface area (Å²) in [7, 11) is -0.472. The minimum absolute atomic E-state index is 0.0160. The summed E-state index contributed by atoms with van der Waals surface area (Å²) in [5, 5.41) is 8.95. The van der Waals surface area contributed by atoms with Crippen molar-refractivity contribution in [1.29, 1.82) is 0 Å². The monoisotopic (exact) mass is 222 g/mol. The Labute approximate surface area is 97.6 Å². The minimum atomic E-state index is -0.472. The molecule has 0 unspecified atom stereocenters. The fourth-order valence-electron chi connectivity index (χ4n) is 1.28. The van der Waals surface area contributed by atoms with E-state index >= 15 is 0 Å². The van der Waals surface area contributed by atoms with Gasteiger partial charge in [-0.1, -0.05) is 19.2 Å². The van der Waals surface area contributed by atoms with Crippen LogP contribution in [0.1, 0.15) is 27.7 Å². The third-order valence-corrected chi connectivity index (χ3v) is 3.05. The van der Waals surface area contributed by atoms with Crippen LogP contribution in [0.4, 0.5) is 0 Å². The molecule has 16 heavy (non-hydrogen) atoms. The van der Waals surface area contributed by atoms with Gasteiger partial charge in [0.2, 0.25) is 0 Å². The Bertz CT molecular complexity index is 326. The first-order valence-corrected chi connectivity index (χ1v) is 5.26. The van der Waals surface area contributed by atoms with E-state index in [1.54, 1.807) is 6.08 Å². The molecule has 0 radical (unpaired) electrons. The molecule has 1 aliphatic heterocycles. The van der Waals surface area contributed by atoms with Crippen LogP contribution < -0.4 is 0 Å². The summed E-state index contributed by atoms with van der Waals surface area (Å²) in [4.78, 5) is 0. The van der Waals surface area contributed by atoms with E-state index in [2.05, 4.69) is 13.2 Å². The summed E-state index contributed by atoms with van der Waals surface area (Å²) in [5.74, 6) is -0.0160. The van der Waals surface area contributed by atoms with Crippen LogP contribution in [-0.2, 0) is 9.31 Å². The first-order valence-electron chi connectivity index (χ1n) is 5.26. The van der Waals surface area contributed by atoms with E-state index in [-0.39, 0.29) is 17.0 Å². The van der Waals surface area contributed by atoms with Gasteiger partial charge in [0.15, 0.2) is 0 Å². The molecule has 0 aromatic carbocycles. The molecule has 3 nitrogen and oxygen atoms in total. The van der Waals surface area contributed by atoms with E-state index in [0.717, 1.165) is 0 Å². The standard InChI is InChI=1S/C12H19BO3/c1-9(7-8-10(2)14)13-15-11(3,4)12(5,6)16-13/h7-8,14H,1-2H2,3-6H3/b8-7-. The van der Waals surface area contributed by atoms with Gasteiger partial charge >= 0.3 is 7.12 Å². The first-order chi connectivity index (χ1) is 7.16. The van der Waals surface area contributed by atoms with Crippen molar-refractivity contribution in [2.24, 2.45) is 0 Å². The summed E-state index contributed by atoms with van der Waals surface area (Å²) in [5.41, 5.74) is -0.0798. The van der Waals surface area contributed by atoms with E-state index in [0.29, 0.717) is 5.47 Å². The van der Waals surface area contributed by atoms with E-state index in [1.165, 1.54) is 6.08 Å². The molecule has 1 aliphatic rings. The van der Waals surface area contributed by atoms with E-state index < -0.39 is 7.12 Å². The van der Waals surface area contributed by atoms with Gasteiger partial charge in [0.1, 0.15) is 5.76 Å². The Morgan fingerprint density at radius 1 is 1.06 bits per heavy atom. The zero-order valence-electron chi connectivity index (χ0n) is 10.4. The third-order valence-electron chi connectivity index (χ3n) is 3.05. The lowest BCUT2D eigenvalue weighted by molar-refractivity contribution is 0.00578. The highest BCUT2D eigenvalue weighted by Crippen LogP contribution is 2.38. The molecule has 1 N–H and O–H groups in total. The van der Waals surface area contributed by atoms with Crippen LogP contribution in [0.2, 0.25) is 0 Å². The zero-order chi connectivity index (χ0) is 12.6. The van der Waals surface area contributed by atoms with Crippen molar-refractivity contribution in [3.05, 3.63) is 36.5 Å². The lowest BCUT2D eigenvalue weighted by atomic mass is 9.79. The first kappa shape index (κ1) is 13.1. The van der Waals surface area contributed by atoms with Gasteiger partial charge in [0, 0.05) is 0 Å². The topological polar surface area (TPSA) is 38.7 Å². The second kappa shape index (κ2) is 4.11.